The summed E-state index contributed by atoms with van der Waals surface area (Å²) in [6, 6.07) is 1.53. The van der Waals surface area contributed by atoms with Gasteiger partial charge in [-0.2, -0.15) is 0 Å². The first-order valence-electron chi connectivity index (χ1n) is 6.32. The van der Waals surface area contributed by atoms with Crippen LogP contribution in [-0.4, -0.2) is 23.5 Å². The highest BCUT2D eigenvalue weighted by atomic mass is 16.2. The van der Waals surface area contributed by atoms with Crippen molar-refractivity contribution < 1.29 is 4.79 Å². The summed E-state index contributed by atoms with van der Waals surface area (Å²) in [6.07, 6.45) is 4.54. The van der Waals surface area contributed by atoms with Crippen molar-refractivity contribution in [2.24, 2.45) is 11.7 Å². The number of carbonyl (C=O) groups is 1. The molecule has 0 saturated heterocycles. The summed E-state index contributed by atoms with van der Waals surface area (Å²) in [6.45, 7) is 2.36. The molecule has 1 heterocycles. The van der Waals surface area contributed by atoms with Gasteiger partial charge in [0.25, 0.3) is 5.91 Å². The Morgan fingerprint density at radius 2 is 2.33 bits per heavy atom. The Kier molecular flexibility index (Phi) is 3.81. The number of hydrogen-bond donors (Lipinski definition) is 3. The quantitative estimate of drug-likeness (QED) is 0.730. The third-order valence-electron chi connectivity index (χ3n) is 3.58. The van der Waals surface area contributed by atoms with Crippen molar-refractivity contribution in [1.82, 2.24) is 10.3 Å². The lowest BCUT2D eigenvalue weighted by molar-refractivity contribution is 0.0927. The number of aromatic nitrogens is 1. The van der Waals surface area contributed by atoms with Crippen LogP contribution in [0.1, 0.15) is 35.3 Å². The molecule has 1 aliphatic carbocycles. The lowest BCUT2D eigenvalue weighted by atomic mass is 10.0. The van der Waals surface area contributed by atoms with Crippen molar-refractivity contribution in [2.45, 2.75) is 32.2 Å². The van der Waals surface area contributed by atoms with Crippen LogP contribution in [-0.2, 0) is 0 Å². The lowest BCUT2D eigenvalue weighted by Crippen LogP contribution is -2.41. The molecule has 18 heavy (non-hydrogen) atoms. The second-order valence-electron chi connectivity index (χ2n) is 4.90. The third kappa shape index (κ3) is 2.61. The van der Waals surface area contributed by atoms with Crippen molar-refractivity contribution in [2.75, 3.05) is 6.54 Å². The van der Waals surface area contributed by atoms with Crippen LogP contribution in [0.15, 0.2) is 17.1 Å². The van der Waals surface area contributed by atoms with E-state index in [0.29, 0.717) is 12.5 Å². The predicted molar refractivity (Wildman–Crippen MR) is 69.4 cm³/mol. The molecule has 0 radical (unpaired) electrons. The highest BCUT2D eigenvalue weighted by Crippen LogP contribution is 2.24. The lowest BCUT2D eigenvalue weighted by Gasteiger charge is -2.19. The number of H-pyrrole nitrogens is 1. The Labute approximate surface area is 106 Å². The van der Waals surface area contributed by atoms with E-state index in [1.54, 1.807) is 6.92 Å². The molecule has 1 fully saturated rings. The van der Waals surface area contributed by atoms with E-state index in [0.717, 1.165) is 25.0 Å². The molecule has 5 heteroatoms. The number of aryl methyl sites for hydroxylation is 1. The zero-order valence-corrected chi connectivity index (χ0v) is 10.5. The normalized spacial score (nSPS) is 23.0. The van der Waals surface area contributed by atoms with E-state index in [9.17, 15) is 9.59 Å². The maximum atomic E-state index is 12.0. The Morgan fingerprint density at radius 3 is 3.00 bits per heavy atom. The molecule has 0 aromatic carbocycles. The molecule has 1 aliphatic rings. The van der Waals surface area contributed by atoms with Crippen molar-refractivity contribution >= 4 is 5.91 Å². The zero-order chi connectivity index (χ0) is 13.1. The maximum absolute atomic E-state index is 12.0. The number of hydrogen-bond acceptors (Lipinski definition) is 3. The molecule has 4 N–H and O–H groups in total. The van der Waals surface area contributed by atoms with Gasteiger partial charge in [0.05, 0.1) is 0 Å². The van der Waals surface area contributed by atoms with Crippen LogP contribution in [0.2, 0.25) is 0 Å². The Balaban J connectivity index is 2.10. The molecular formula is C13H19N3O2. The number of amides is 1. The monoisotopic (exact) mass is 249 g/mol. The molecular weight excluding hydrogens is 230 g/mol. The molecule has 1 aromatic rings. The second-order valence-corrected chi connectivity index (χ2v) is 4.90. The molecule has 0 aliphatic heterocycles. The molecule has 1 amide bonds. The topological polar surface area (TPSA) is 88.0 Å². The SMILES string of the molecule is Cc1cc(=O)c(C(=O)NC2CCCC2CN)c[nH]1. The summed E-state index contributed by atoms with van der Waals surface area (Å²) < 4.78 is 0. The first kappa shape index (κ1) is 12.8. The van der Waals surface area contributed by atoms with E-state index in [2.05, 4.69) is 10.3 Å². The Hall–Kier alpha value is -1.62. The molecule has 1 aromatic heterocycles. The van der Waals surface area contributed by atoms with Gasteiger partial charge in [-0.3, -0.25) is 9.59 Å². The number of rotatable bonds is 3. The van der Waals surface area contributed by atoms with Gasteiger partial charge in [-0.25, -0.2) is 0 Å². The summed E-state index contributed by atoms with van der Waals surface area (Å²) in [4.78, 5) is 26.6. The van der Waals surface area contributed by atoms with Gasteiger partial charge in [0, 0.05) is 24.0 Å². The van der Waals surface area contributed by atoms with E-state index >= 15 is 0 Å². The third-order valence-corrected chi connectivity index (χ3v) is 3.58. The standard InChI is InChI=1S/C13H19N3O2/c1-8-5-12(17)10(7-15-8)13(18)16-11-4-2-3-9(11)6-14/h5,7,9,11H,2-4,6,14H2,1H3,(H,15,17)(H,16,18). The van der Waals surface area contributed by atoms with Crippen LogP contribution in [0.4, 0.5) is 0 Å². The van der Waals surface area contributed by atoms with Crippen molar-refractivity contribution in [1.29, 1.82) is 0 Å². The predicted octanol–water partition coefficient (Wildman–Crippen LogP) is 0.541. The first-order chi connectivity index (χ1) is 8.61. The van der Waals surface area contributed by atoms with Crippen LogP contribution in [0, 0.1) is 12.8 Å². The number of nitrogens with one attached hydrogen (secondary N) is 2. The molecule has 0 bridgehead atoms. The molecule has 1 saturated carbocycles. The van der Waals surface area contributed by atoms with E-state index < -0.39 is 0 Å². The van der Waals surface area contributed by atoms with Crippen molar-refractivity contribution in [3.8, 4) is 0 Å². The van der Waals surface area contributed by atoms with Crippen molar-refractivity contribution in [3.63, 3.8) is 0 Å². The highest BCUT2D eigenvalue weighted by molar-refractivity contribution is 5.94. The largest absolute Gasteiger partial charge is 0.364 e. The fourth-order valence-corrected chi connectivity index (χ4v) is 2.51. The fourth-order valence-electron chi connectivity index (χ4n) is 2.51. The van der Waals surface area contributed by atoms with Crippen LogP contribution < -0.4 is 16.5 Å². The molecule has 2 atom stereocenters. The smallest absolute Gasteiger partial charge is 0.256 e. The van der Waals surface area contributed by atoms with Gasteiger partial charge in [-0.1, -0.05) is 6.42 Å². The molecule has 98 valence electrons. The van der Waals surface area contributed by atoms with Gasteiger partial charge in [-0.05, 0) is 32.2 Å². The maximum Gasteiger partial charge on any atom is 0.256 e. The minimum absolute atomic E-state index is 0.100. The van der Waals surface area contributed by atoms with Crippen LogP contribution in [0.25, 0.3) is 0 Å². The summed E-state index contributed by atoms with van der Waals surface area (Å²) in [5, 5.41) is 2.92. The van der Waals surface area contributed by atoms with Gasteiger partial charge in [0.1, 0.15) is 5.56 Å². The van der Waals surface area contributed by atoms with Crippen molar-refractivity contribution in [3.05, 3.63) is 33.7 Å². The van der Waals surface area contributed by atoms with Gasteiger partial charge >= 0.3 is 0 Å². The Morgan fingerprint density at radius 1 is 1.56 bits per heavy atom. The average Bonchev–Trinajstić information content (AvgIpc) is 2.76. The molecule has 5 nitrogen and oxygen atoms in total. The first-order valence-corrected chi connectivity index (χ1v) is 6.32. The summed E-state index contributed by atoms with van der Waals surface area (Å²) >= 11 is 0. The molecule has 0 spiro atoms. The zero-order valence-electron chi connectivity index (χ0n) is 10.5. The molecule has 2 unspecified atom stereocenters. The highest BCUT2D eigenvalue weighted by Gasteiger charge is 2.28. The molecule has 2 rings (SSSR count). The van der Waals surface area contributed by atoms with E-state index in [4.69, 9.17) is 5.73 Å². The Bertz CT molecular complexity index is 495. The van der Waals surface area contributed by atoms with Gasteiger partial charge < -0.3 is 16.0 Å². The van der Waals surface area contributed by atoms with E-state index in [1.807, 2.05) is 0 Å². The minimum atomic E-state index is -0.304. The number of aromatic amines is 1. The van der Waals surface area contributed by atoms with Crippen LogP contribution in [0.5, 0.6) is 0 Å². The van der Waals surface area contributed by atoms with E-state index in [-0.39, 0.29) is 22.9 Å². The number of nitrogens with two attached hydrogens (primary N) is 1. The van der Waals surface area contributed by atoms with Gasteiger partial charge in [-0.15, -0.1) is 0 Å². The van der Waals surface area contributed by atoms with Crippen LogP contribution >= 0.6 is 0 Å². The minimum Gasteiger partial charge on any atom is -0.364 e. The summed E-state index contributed by atoms with van der Waals surface area (Å²) in [5.74, 6) is 0.0279. The number of pyridine rings is 1. The second kappa shape index (κ2) is 5.35. The average molecular weight is 249 g/mol. The van der Waals surface area contributed by atoms with Gasteiger partial charge in [0.15, 0.2) is 5.43 Å². The van der Waals surface area contributed by atoms with Crippen LogP contribution in [0.3, 0.4) is 0 Å². The van der Waals surface area contributed by atoms with Gasteiger partial charge in [0.2, 0.25) is 0 Å². The van der Waals surface area contributed by atoms with E-state index in [1.165, 1.54) is 12.3 Å². The fraction of sp³-hybridized carbons (Fsp3) is 0.538. The number of carbonyl (C=O) groups excluding carboxylic acids is 1. The summed E-state index contributed by atoms with van der Waals surface area (Å²) in [7, 11) is 0. The summed E-state index contributed by atoms with van der Waals surface area (Å²) in [5.41, 5.74) is 6.34.